The molecule has 16 heavy (non-hydrogen) atoms. The van der Waals surface area contributed by atoms with Crippen molar-refractivity contribution in [3.05, 3.63) is 45.5 Å². The number of carbonyl (C=O) groups is 1. The first-order chi connectivity index (χ1) is 7.56. The number of carboxylic acid groups (broad SMARTS) is 1. The highest BCUT2D eigenvalue weighted by Gasteiger charge is 2.51. The molecule has 5 heteroatoms. The van der Waals surface area contributed by atoms with Gasteiger partial charge in [-0.2, -0.15) is 0 Å². The van der Waals surface area contributed by atoms with Gasteiger partial charge in [0.1, 0.15) is 6.42 Å². The highest BCUT2D eigenvalue weighted by Crippen LogP contribution is 2.41. The van der Waals surface area contributed by atoms with Crippen LogP contribution in [0.4, 0.5) is 0 Å². The summed E-state index contributed by atoms with van der Waals surface area (Å²) in [5, 5.41) is 20.0. The monoisotopic (exact) mass is 221 g/mol. The van der Waals surface area contributed by atoms with Gasteiger partial charge in [0.05, 0.1) is 0 Å². The SMILES string of the molecule is O=C(O)C[C@@]1([N+](=O)[O-])CCc2ccccc21. The predicted molar refractivity (Wildman–Crippen MR) is 55.7 cm³/mol. The zero-order valence-electron chi connectivity index (χ0n) is 8.55. The Morgan fingerprint density at radius 2 is 2.19 bits per heavy atom. The Morgan fingerprint density at radius 3 is 2.81 bits per heavy atom. The number of fused-ring (bicyclic) bond motifs is 1. The summed E-state index contributed by atoms with van der Waals surface area (Å²) in [5.74, 6) is -1.13. The van der Waals surface area contributed by atoms with E-state index in [9.17, 15) is 14.9 Å². The number of rotatable bonds is 3. The van der Waals surface area contributed by atoms with Gasteiger partial charge in [0.25, 0.3) is 5.54 Å². The van der Waals surface area contributed by atoms with Crippen LogP contribution in [0.3, 0.4) is 0 Å². The van der Waals surface area contributed by atoms with Gasteiger partial charge in [0, 0.05) is 16.9 Å². The number of aliphatic carboxylic acids is 1. The van der Waals surface area contributed by atoms with Crippen molar-refractivity contribution in [3.63, 3.8) is 0 Å². The molecule has 0 fully saturated rings. The van der Waals surface area contributed by atoms with E-state index < -0.39 is 22.9 Å². The summed E-state index contributed by atoms with van der Waals surface area (Å²) < 4.78 is 0. The lowest BCUT2D eigenvalue weighted by atomic mass is 9.89. The smallest absolute Gasteiger partial charge is 0.311 e. The first-order valence-electron chi connectivity index (χ1n) is 5.01. The lowest BCUT2D eigenvalue weighted by Crippen LogP contribution is -2.35. The molecule has 0 saturated heterocycles. The van der Waals surface area contributed by atoms with Crippen LogP contribution in [0.15, 0.2) is 24.3 Å². The van der Waals surface area contributed by atoms with Crippen LogP contribution in [0.25, 0.3) is 0 Å². The summed E-state index contributed by atoms with van der Waals surface area (Å²) in [6.45, 7) is 0. The molecule has 84 valence electrons. The van der Waals surface area contributed by atoms with E-state index in [1.165, 1.54) is 0 Å². The minimum absolute atomic E-state index is 0.269. The zero-order valence-corrected chi connectivity index (χ0v) is 8.55. The standard InChI is InChI=1S/C11H11NO4/c13-10(14)7-11(12(15)16)6-5-8-3-1-2-4-9(8)11/h1-4H,5-7H2,(H,13,14)/t11-/m0/s1. The van der Waals surface area contributed by atoms with E-state index in [2.05, 4.69) is 0 Å². The highest BCUT2D eigenvalue weighted by molar-refractivity contribution is 5.69. The third kappa shape index (κ3) is 1.44. The molecule has 1 N–H and O–H groups in total. The summed E-state index contributed by atoms with van der Waals surface area (Å²) in [6, 6.07) is 7.01. The van der Waals surface area contributed by atoms with Crippen molar-refractivity contribution in [1.29, 1.82) is 0 Å². The Balaban J connectivity index is 2.51. The van der Waals surface area contributed by atoms with Gasteiger partial charge in [0.2, 0.25) is 0 Å². The van der Waals surface area contributed by atoms with E-state index in [0.717, 1.165) is 5.56 Å². The Kier molecular flexibility index (Phi) is 2.38. The number of hydrogen-bond acceptors (Lipinski definition) is 3. The Bertz CT molecular complexity index is 457. The Hall–Kier alpha value is -1.91. The zero-order chi connectivity index (χ0) is 11.8. The van der Waals surface area contributed by atoms with Gasteiger partial charge in [-0.05, 0) is 12.0 Å². The van der Waals surface area contributed by atoms with E-state index in [-0.39, 0.29) is 6.42 Å². The maximum absolute atomic E-state index is 11.2. The molecule has 0 radical (unpaired) electrons. The van der Waals surface area contributed by atoms with Gasteiger partial charge in [-0.3, -0.25) is 14.9 Å². The molecule has 1 atom stereocenters. The third-order valence-electron chi connectivity index (χ3n) is 3.12. The molecule has 0 spiro atoms. The van der Waals surface area contributed by atoms with Crippen LogP contribution in [0.5, 0.6) is 0 Å². The molecule has 2 rings (SSSR count). The summed E-state index contributed by atoms with van der Waals surface area (Å²) >= 11 is 0. The normalized spacial score (nSPS) is 22.8. The first-order valence-corrected chi connectivity index (χ1v) is 5.01. The van der Waals surface area contributed by atoms with Crippen LogP contribution >= 0.6 is 0 Å². The third-order valence-corrected chi connectivity index (χ3v) is 3.12. The average Bonchev–Trinajstić information content (AvgIpc) is 2.58. The van der Waals surface area contributed by atoms with E-state index in [1.807, 2.05) is 12.1 Å². The van der Waals surface area contributed by atoms with Crippen molar-refractivity contribution in [2.75, 3.05) is 0 Å². The minimum Gasteiger partial charge on any atom is -0.481 e. The van der Waals surface area contributed by atoms with Gasteiger partial charge in [-0.25, -0.2) is 0 Å². The lowest BCUT2D eigenvalue weighted by Gasteiger charge is -2.19. The number of benzene rings is 1. The molecule has 0 saturated carbocycles. The van der Waals surface area contributed by atoms with Crippen molar-refractivity contribution < 1.29 is 14.8 Å². The van der Waals surface area contributed by atoms with Crippen LogP contribution in [0.1, 0.15) is 24.0 Å². The first kappa shape index (κ1) is 10.6. The van der Waals surface area contributed by atoms with Crippen LogP contribution in [-0.2, 0) is 16.8 Å². The highest BCUT2D eigenvalue weighted by atomic mass is 16.6. The van der Waals surface area contributed by atoms with Gasteiger partial charge in [0.15, 0.2) is 0 Å². The number of nitro groups is 1. The minimum atomic E-state index is -1.43. The predicted octanol–water partition coefficient (Wildman–Crippen LogP) is 1.58. The quantitative estimate of drug-likeness (QED) is 0.620. The summed E-state index contributed by atoms with van der Waals surface area (Å²) in [5.41, 5.74) is 0.0189. The van der Waals surface area contributed by atoms with Gasteiger partial charge in [-0.1, -0.05) is 24.3 Å². The maximum atomic E-state index is 11.2. The lowest BCUT2D eigenvalue weighted by molar-refractivity contribution is -0.578. The molecule has 1 aromatic carbocycles. The number of aryl methyl sites for hydroxylation is 1. The van der Waals surface area contributed by atoms with Crippen LogP contribution in [-0.4, -0.2) is 16.0 Å². The number of carboxylic acids is 1. The van der Waals surface area contributed by atoms with Crippen molar-refractivity contribution >= 4 is 5.97 Å². The molecule has 0 amide bonds. The molecular formula is C11H11NO4. The van der Waals surface area contributed by atoms with Gasteiger partial charge in [-0.15, -0.1) is 0 Å². The van der Waals surface area contributed by atoms with Crippen molar-refractivity contribution in [1.82, 2.24) is 0 Å². The van der Waals surface area contributed by atoms with Gasteiger partial charge < -0.3 is 5.11 Å². The molecule has 5 nitrogen and oxygen atoms in total. The molecule has 1 aliphatic carbocycles. The topological polar surface area (TPSA) is 80.4 Å². The van der Waals surface area contributed by atoms with Gasteiger partial charge >= 0.3 is 5.97 Å². The maximum Gasteiger partial charge on any atom is 0.311 e. The van der Waals surface area contributed by atoms with Crippen LogP contribution < -0.4 is 0 Å². The van der Waals surface area contributed by atoms with E-state index in [0.29, 0.717) is 12.0 Å². The fourth-order valence-electron chi connectivity index (χ4n) is 2.36. The second-order valence-corrected chi connectivity index (χ2v) is 4.02. The average molecular weight is 221 g/mol. The molecule has 1 aliphatic rings. The van der Waals surface area contributed by atoms with Crippen molar-refractivity contribution in [2.24, 2.45) is 0 Å². The van der Waals surface area contributed by atoms with Crippen molar-refractivity contribution in [3.8, 4) is 0 Å². The fourth-order valence-corrected chi connectivity index (χ4v) is 2.36. The van der Waals surface area contributed by atoms with Crippen LogP contribution in [0.2, 0.25) is 0 Å². The molecule has 0 aromatic heterocycles. The van der Waals surface area contributed by atoms with E-state index in [1.54, 1.807) is 12.1 Å². The van der Waals surface area contributed by atoms with Crippen LogP contribution in [0, 0.1) is 10.1 Å². The molecule has 1 aromatic rings. The molecular weight excluding hydrogens is 210 g/mol. The second kappa shape index (κ2) is 3.59. The Morgan fingerprint density at radius 1 is 1.50 bits per heavy atom. The molecule has 0 aliphatic heterocycles. The number of nitrogens with zero attached hydrogens (tertiary/aromatic N) is 1. The Labute approximate surface area is 91.9 Å². The van der Waals surface area contributed by atoms with E-state index in [4.69, 9.17) is 5.11 Å². The molecule has 0 heterocycles. The number of hydrogen-bond donors (Lipinski definition) is 1. The summed E-state index contributed by atoms with van der Waals surface area (Å²) in [6.07, 6.45) is 0.396. The summed E-state index contributed by atoms with van der Waals surface area (Å²) in [4.78, 5) is 21.5. The summed E-state index contributed by atoms with van der Waals surface area (Å²) in [7, 11) is 0. The van der Waals surface area contributed by atoms with E-state index >= 15 is 0 Å². The largest absolute Gasteiger partial charge is 0.481 e. The molecule has 0 unspecified atom stereocenters. The second-order valence-electron chi connectivity index (χ2n) is 4.02. The fraction of sp³-hybridized carbons (Fsp3) is 0.364. The van der Waals surface area contributed by atoms with Crippen molar-refractivity contribution in [2.45, 2.75) is 24.8 Å². The molecule has 0 bridgehead atoms.